The van der Waals surface area contributed by atoms with E-state index in [0.717, 1.165) is 11.3 Å². The smallest absolute Gasteiger partial charge is 0.258 e. The van der Waals surface area contributed by atoms with E-state index in [0.29, 0.717) is 0 Å². The molecule has 0 aliphatic rings. The number of amides is 1. The van der Waals surface area contributed by atoms with Gasteiger partial charge in [-0.15, -0.1) is 0 Å². The Labute approximate surface area is 90.4 Å². The molecule has 0 radical (unpaired) electrons. The van der Waals surface area contributed by atoms with Crippen LogP contribution < -0.4 is 4.90 Å². The molecule has 2 aromatic heterocycles. The van der Waals surface area contributed by atoms with E-state index in [9.17, 15) is 4.79 Å². The first-order valence-electron chi connectivity index (χ1n) is 4.11. The van der Waals surface area contributed by atoms with Crippen LogP contribution >= 0.6 is 22.7 Å². The van der Waals surface area contributed by atoms with Crippen molar-refractivity contribution in [3.8, 4) is 0 Å². The molecular formula is C10H9NOS2. The molecule has 2 aromatic rings. The second kappa shape index (κ2) is 3.94. The monoisotopic (exact) mass is 223 g/mol. The van der Waals surface area contributed by atoms with E-state index in [1.807, 2.05) is 33.7 Å². The maximum Gasteiger partial charge on any atom is 0.258 e. The van der Waals surface area contributed by atoms with Crippen LogP contribution in [0.1, 0.15) is 10.4 Å². The lowest BCUT2D eigenvalue weighted by atomic mass is 10.3. The molecule has 0 unspecified atom stereocenters. The standard InChI is InChI=1S/C10H9NOS2/c1-11(9-3-5-14-7-9)10(12)8-2-4-13-6-8/h2-7H,1H3. The van der Waals surface area contributed by atoms with Crippen molar-refractivity contribution >= 4 is 34.3 Å². The minimum absolute atomic E-state index is 0.0460. The number of carbonyl (C=O) groups excluding carboxylic acids is 1. The lowest BCUT2D eigenvalue weighted by Gasteiger charge is -2.14. The van der Waals surface area contributed by atoms with Crippen LogP contribution in [0, 0.1) is 0 Å². The van der Waals surface area contributed by atoms with Crippen molar-refractivity contribution in [1.29, 1.82) is 0 Å². The van der Waals surface area contributed by atoms with Crippen molar-refractivity contribution in [3.05, 3.63) is 39.2 Å². The first kappa shape index (κ1) is 9.43. The van der Waals surface area contributed by atoms with Gasteiger partial charge in [0, 0.05) is 17.8 Å². The Morgan fingerprint density at radius 1 is 1.21 bits per heavy atom. The summed E-state index contributed by atoms with van der Waals surface area (Å²) in [5.41, 5.74) is 1.70. The lowest BCUT2D eigenvalue weighted by Crippen LogP contribution is -2.25. The third-order valence-electron chi connectivity index (χ3n) is 1.97. The molecule has 72 valence electrons. The van der Waals surface area contributed by atoms with Gasteiger partial charge in [-0.2, -0.15) is 22.7 Å². The molecule has 0 fully saturated rings. The highest BCUT2D eigenvalue weighted by molar-refractivity contribution is 7.08. The summed E-state index contributed by atoms with van der Waals surface area (Å²) in [4.78, 5) is 13.5. The van der Waals surface area contributed by atoms with E-state index in [1.54, 1.807) is 23.3 Å². The molecule has 0 bridgehead atoms. The number of nitrogens with zero attached hydrogens (tertiary/aromatic N) is 1. The molecule has 2 heterocycles. The summed E-state index contributed by atoms with van der Waals surface area (Å²) in [6, 6.07) is 3.78. The SMILES string of the molecule is CN(C(=O)c1ccsc1)c1ccsc1. The molecule has 2 nitrogen and oxygen atoms in total. The number of hydrogen-bond acceptors (Lipinski definition) is 3. The third kappa shape index (κ3) is 1.71. The molecule has 0 aliphatic carbocycles. The van der Waals surface area contributed by atoms with E-state index >= 15 is 0 Å². The average molecular weight is 223 g/mol. The largest absolute Gasteiger partial charge is 0.311 e. The highest BCUT2D eigenvalue weighted by atomic mass is 32.1. The normalized spacial score (nSPS) is 10.1. The fourth-order valence-electron chi connectivity index (χ4n) is 1.15. The highest BCUT2D eigenvalue weighted by Gasteiger charge is 2.13. The number of rotatable bonds is 2. The van der Waals surface area contributed by atoms with Crippen LogP contribution in [0.3, 0.4) is 0 Å². The first-order valence-corrected chi connectivity index (χ1v) is 6.00. The van der Waals surface area contributed by atoms with Crippen LogP contribution in [-0.2, 0) is 0 Å². The van der Waals surface area contributed by atoms with Crippen LogP contribution in [0.4, 0.5) is 5.69 Å². The van der Waals surface area contributed by atoms with Crippen molar-refractivity contribution in [1.82, 2.24) is 0 Å². The Balaban J connectivity index is 2.21. The second-order valence-corrected chi connectivity index (χ2v) is 4.42. The topological polar surface area (TPSA) is 20.3 Å². The van der Waals surface area contributed by atoms with Crippen molar-refractivity contribution in [2.75, 3.05) is 11.9 Å². The van der Waals surface area contributed by atoms with Gasteiger partial charge in [-0.05, 0) is 22.9 Å². The molecule has 2 rings (SSSR count). The van der Waals surface area contributed by atoms with Crippen LogP contribution in [0.15, 0.2) is 33.7 Å². The Kier molecular flexibility index (Phi) is 2.65. The Morgan fingerprint density at radius 2 is 1.93 bits per heavy atom. The van der Waals surface area contributed by atoms with Gasteiger partial charge < -0.3 is 4.90 Å². The van der Waals surface area contributed by atoms with Gasteiger partial charge in [-0.25, -0.2) is 0 Å². The first-order chi connectivity index (χ1) is 6.79. The maximum atomic E-state index is 11.8. The van der Waals surface area contributed by atoms with Crippen LogP contribution in [0.25, 0.3) is 0 Å². The van der Waals surface area contributed by atoms with Gasteiger partial charge in [0.2, 0.25) is 0 Å². The number of carbonyl (C=O) groups is 1. The van der Waals surface area contributed by atoms with Gasteiger partial charge in [0.15, 0.2) is 0 Å². The van der Waals surface area contributed by atoms with Gasteiger partial charge in [0.05, 0.1) is 11.3 Å². The van der Waals surface area contributed by atoms with E-state index in [2.05, 4.69) is 0 Å². The predicted molar refractivity (Wildman–Crippen MR) is 61.4 cm³/mol. The molecule has 0 spiro atoms. The fourth-order valence-corrected chi connectivity index (χ4v) is 2.45. The molecule has 0 saturated heterocycles. The molecular weight excluding hydrogens is 214 g/mol. The lowest BCUT2D eigenvalue weighted by molar-refractivity contribution is 0.0993. The molecule has 14 heavy (non-hydrogen) atoms. The maximum absolute atomic E-state index is 11.8. The quantitative estimate of drug-likeness (QED) is 0.766. The summed E-state index contributed by atoms with van der Waals surface area (Å²) in [7, 11) is 1.79. The third-order valence-corrected chi connectivity index (χ3v) is 3.32. The summed E-state index contributed by atoms with van der Waals surface area (Å²) < 4.78 is 0. The van der Waals surface area contributed by atoms with Gasteiger partial charge in [-0.1, -0.05) is 0 Å². The van der Waals surface area contributed by atoms with E-state index in [1.165, 1.54) is 11.3 Å². The van der Waals surface area contributed by atoms with E-state index in [4.69, 9.17) is 0 Å². The molecule has 0 saturated carbocycles. The number of hydrogen-bond donors (Lipinski definition) is 0. The summed E-state index contributed by atoms with van der Waals surface area (Å²) in [6.45, 7) is 0. The van der Waals surface area contributed by atoms with Crippen molar-refractivity contribution in [2.24, 2.45) is 0 Å². The second-order valence-electron chi connectivity index (χ2n) is 2.86. The molecule has 0 aromatic carbocycles. The Bertz CT molecular complexity index is 405. The molecule has 4 heteroatoms. The van der Waals surface area contributed by atoms with Crippen molar-refractivity contribution in [2.45, 2.75) is 0 Å². The summed E-state index contributed by atoms with van der Waals surface area (Å²) in [6.07, 6.45) is 0. The van der Waals surface area contributed by atoms with Gasteiger partial charge in [0.25, 0.3) is 5.91 Å². The molecule has 0 aliphatic heterocycles. The highest BCUT2D eigenvalue weighted by Crippen LogP contribution is 2.19. The zero-order valence-electron chi connectivity index (χ0n) is 7.64. The zero-order chi connectivity index (χ0) is 9.97. The average Bonchev–Trinajstić information content (AvgIpc) is 2.87. The van der Waals surface area contributed by atoms with Gasteiger partial charge >= 0.3 is 0 Å². The minimum Gasteiger partial charge on any atom is -0.311 e. The number of anilines is 1. The van der Waals surface area contributed by atoms with Crippen LogP contribution in [0.2, 0.25) is 0 Å². The predicted octanol–water partition coefficient (Wildman–Crippen LogP) is 3.09. The van der Waals surface area contributed by atoms with Crippen molar-refractivity contribution in [3.63, 3.8) is 0 Å². The summed E-state index contributed by atoms with van der Waals surface area (Å²) >= 11 is 3.13. The van der Waals surface area contributed by atoms with E-state index < -0.39 is 0 Å². The van der Waals surface area contributed by atoms with Gasteiger partial charge in [0.1, 0.15) is 0 Å². The Hall–Kier alpha value is -1.13. The van der Waals surface area contributed by atoms with Crippen molar-refractivity contribution < 1.29 is 4.79 Å². The molecule has 0 N–H and O–H groups in total. The molecule has 0 atom stereocenters. The van der Waals surface area contributed by atoms with Crippen LogP contribution in [-0.4, -0.2) is 13.0 Å². The molecule has 1 amide bonds. The zero-order valence-corrected chi connectivity index (χ0v) is 9.27. The van der Waals surface area contributed by atoms with E-state index in [-0.39, 0.29) is 5.91 Å². The Morgan fingerprint density at radius 3 is 2.50 bits per heavy atom. The fraction of sp³-hybridized carbons (Fsp3) is 0.100. The van der Waals surface area contributed by atoms with Gasteiger partial charge in [-0.3, -0.25) is 4.79 Å². The summed E-state index contributed by atoms with van der Waals surface area (Å²) in [5.74, 6) is 0.0460. The minimum atomic E-state index is 0.0460. The number of thiophene rings is 2. The summed E-state index contributed by atoms with van der Waals surface area (Å²) in [5, 5.41) is 7.71. The van der Waals surface area contributed by atoms with Crippen LogP contribution in [0.5, 0.6) is 0 Å².